The number of ether oxygens (including phenoxy) is 2. The maximum atomic E-state index is 13.0. The van der Waals surface area contributed by atoms with Crippen molar-refractivity contribution in [2.45, 2.75) is 19.4 Å². The molecule has 0 saturated carbocycles. The fraction of sp³-hybridized carbons (Fsp3) is 0.571. The number of methoxy groups -OCH3 is 1. The lowest BCUT2D eigenvalue weighted by molar-refractivity contribution is 0.0693. The van der Waals surface area contributed by atoms with Crippen LogP contribution in [-0.4, -0.2) is 33.5 Å². The summed E-state index contributed by atoms with van der Waals surface area (Å²) in [6, 6.07) is 4.94. The van der Waals surface area contributed by atoms with Crippen molar-refractivity contribution in [3.8, 4) is 0 Å². The van der Waals surface area contributed by atoms with Crippen LogP contribution in [0, 0.1) is 5.82 Å². The molecule has 0 aliphatic rings. The molecule has 0 amide bonds. The van der Waals surface area contributed by atoms with Crippen molar-refractivity contribution >= 4 is 15.9 Å². The van der Waals surface area contributed by atoms with Gasteiger partial charge in [-0.2, -0.15) is 0 Å². The van der Waals surface area contributed by atoms with Crippen LogP contribution in [0.25, 0.3) is 0 Å². The minimum absolute atomic E-state index is 0.175. The minimum Gasteiger partial charge on any atom is -0.382 e. The molecule has 0 heterocycles. The average Bonchev–Trinajstić information content (AvgIpc) is 2.37. The van der Waals surface area contributed by atoms with E-state index in [2.05, 4.69) is 28.2 Å². The van der Waals surface area contributed by atoms with Crippen molar-refractivity contribution in [1.82, 2.24) is 5.32 Å². The topological polar surface area (TPSA) is 30.5 Å². The highest BCUT2D eigenvalue weighted by atomic mass is 79.9. The lowest BCUT2D eigenvalue weighted by Crippen LogP contribution is -2.21. The molecule has 1 unspecified atom stereocenters. The minimum atomic E-state index is -0.227. The lowest BCUT2D eigenvalue weighted by Gasteiger charge is -2.16. The summed E-state index contributed by atoms with van der Waals surface area (Å²) in [5.74, 6) is -0.227. The van der Waals surface area contributed by atoms with Crippen molar-refractivity contribution in [3.05, 3.63) is 34.1 Å². The smallest absolute Gasteiger partial charge is 0.124 e. The van der Waals surface area contributed by atoms with E-state index < -0.39 is 0 Å². The Hall–Kier alpha value is -0.490. The lowest BCUT2D eigenvalue weighted by atomic mass is 10.1. The Morgan fingerprint density at radius 3 is 2.79 bits per heavy atom. The van der Waals surface area contributed by atoms with Crippen LogP contribution in [0.1, 0.15) is 24.9 Å². The molecule has 0 radical (unpaired) electrons. The van der Waals surface area contributed by atoms with Gasteiger partial charge in [0.15, 0.2) is 0 Å². The number of halogens is 2. The predicted octanol–water partition coefficient (Wildman–Crippen LogP) is 3.29. The van der Waals surface area contributed by atoms with Gasteiger partial charge in [0.2, 0.25) is 0 Å². The van der Waals surface area contributed by atoms with Crippen molar-refractivity contribution < 1.29 is 13.9 Å². The molecule has 108 valence electrons. The van der Waals surface area contributed by atoms with E-state index in [1.807, 2.05) is 0 Å². The normalized spacial score (nSPS) is 12.6. The van der Waals surface area contributed by atoms with Gasteiger partial charge in [0.05, 0.1) is 13.2 Å². The van der Waals surface area contributed by atoms with Crippen LogP contribution < -0.4 is 5.32 Å². The average molecular weight is 334 g/mol. The van der Waals surface area contributed by atoms with Gasteiger partial charge in [-0.1, -0.05) is 22.0 Å². The SMILES string of the molecule is COCCOCCCNC(C)c1ccc(F)cc1Br. The van der Waals surface area contributed by atoms with Gasteiger partial charge in [-0.15, -0.1) is 0 Å². The molecule has 1 rings (SSSR count). The number of hydrogen-bond acceptors (Lipinski definition) is 3. The van der Waals surface area contributed by atoms with E-state index >= 15 is 0 Å². The van der Waals surface area contributed by atoms with Crippen LogP contribution in [0.4, 0.5) is 4.39 Å². The van der Waals surface area contributed by atoms with E-state index in [0.29, 0.717) is 19.8 Å². The first kappa shape index (κ1) is 16.6. The zero-order valence-electron chi connectivity index (χ0n) is 11.4. The van der Waals surface area contributed by atoms with Crippen molar-refractivity contribution in [1.29, 1.82) is 0 Å². The molecule has 1 N–H and O–H groups in total. The standard InChI is InChI=1S/C14H21BrFNO2/c1-11(13-5-4-12(16)10-14(13)15)17-6-3-7-19-9-8-18-2/h4-5,10-11,17H,3,6-9H2,1-2H3. The summed E-state index contributed by atoms with van der Waals surface area (Å²) >= 11 is 3.38. The number of nitrogens with one attached hydrogen (secondary N) is 1. The van der Waals surface area contributed by atoms with Gasteiger partial charge in [0.1, 0.15) is 5.82 Å². The van der Waals surface area contributed by atoms with E-state index in [0.717, 1.165) is 23.0 Å². The molecular weight excluding hydrogens is 313 g/mol. The summed E-state index contributed by atoms with van der Waals surface area (Å²) in [5.41, 5.74) is 1.06. The molecule has 0 aromatic heterocycles. The molecule has 1 atom stereocenters. The molecule has 0 aliphatic heterocycles. The summed E-state index contributed by atoms with van der Waals surface area (Å²) in [6.07, 6.45) is 0.937. The van der Waals surface area contributed by atoms with Gasteiger partial charge in [0, 0.05) is 24.2 Å². The second-order valence-corrected chi connectivity index (χ2v) is 5.15. The fourth-order valence-electron chi connectivity index (χ4n) is 1.70. The van der Waals surface area contributed by atoms with Crippen LogP contribution in [0.5, 0.6) is 0 Å². The first-order valence-corrected chi connectivity index (χ1v) is 7.19. The molecule has 1 aromatic carbocycles. The van der Waals surface area contributed by atoms with E-state index in [4.69, 9.17) is 9.47 Å². The highest BCUT2D eigenvalue weighted by Crippen LogP contribution is 2.23. The molecule has 19 heavy (non-hydrogen) atoms. The molecule has 0 spiro atoms. The second kappa shape index (κ2) is 9.42. The summed E-state index contributed by atoms with van der Waals surface area (Å²) < 4.78 is 24.1. The Balaban J connectivity index is 2.22. The second-order valence-electron chi connectivity index (χ2n) is 4.30. The van der Waals surface area contributed by atoms with Gasteiger partial charge in [-0.05, 0) is 37.6 Å². The quantitative estimate of drug-likeness (QED) is 0.703. The van der Waals surface area contributed by atoms with Crippen LogP contribution in [-0.2, 0) is 9.47 Å². The maximum absolute atomic E-state index is 13.0. The zero-order chi connectivity index (χ0) is 14.1. The Morgan fingerprint density at radius 2 is 2.11 bits per heavy atom. The van der Waals surface area contributed by atoms with Gasteiger partial charge < -0.3 is 14.8 Å². The van der Waals surface area contributed by atoms with E-state index in [9.17, 15) is 4.39 Å². The fourth-order valence-corrected chi connectivity index (χ4v) is 2.39. The number of benzene rings is 1. The Bertz CT molecular complexity index is 376. The van der Waals surface area contributed by atoms with Gasteiger partial charge in [0.25, 0.3) is 0 Å². The number of rotatable bonds is 9. The zero-order valence-corrected chi connectivity index (χ0v) is 13.0. The van der Waals surface area contributed by atoms with Crippen LogP contribution >= 0.6 is 15.9 Å². The van der Waals surface area contributed by atoms with E-state index in [1.165, 1.54) is 12.1 Å². The summed E-state index contributed by atoms with van der Waals surface area (Å²) in [6.45, 7) is 4.90. The highest BCUT2D eigenvalue weighted by molar-refractivity contribution is 9.10. The van der Waals surface area contributed by atoms with Crippen molar-refractivity contribution in [3.63, 3.8) is 0 Å². The monoisotopic (exact) mass is 333 g/mol. The maximum Gasteiger partial charge on any atom is 0.124 e. The van der Waals surface area contributed by atoms with Gasteiger partial charge in [-0.25, -0.2) is 4.39 Å². The molecule has 0 saturated heterocycles. The summed E-state index contributed by atoms with van der Waals surface area (Å²) in [7, 11) is 1.66. The first-order valence-electron chi connectivity index (χ1n) is 6.40. The Kier molecular flexibility index (Phi) is 8.21. The molecule has 0 fully saturated rings. The van der Waals surface area contributed by atoms with Crippen molar-refractivity contribution in [2.75, 3.05) is 33.5 Å². The highest BCUT2D eigenvalue weighted by Gasteiger charge is 2.09. The third-order valence-electron chi connectivity index (χ3n) is 2.78. The molecule has 3 nitrogen and oxygen atoms in total. The van der Waals surface area contributed by atoms with Crippen LogP contribution in [0.15, 0.2) is 22.7 Å². The third-order valence-corrected chi connectivity index (χ3v) is 3.46. The van der Waals surface area contributed by atoms with E-state index in [1.54, 1.807) is 13.2 Å². The molecule has 0 bridgehead atoms. The van der Waals surface area contributed by atoms with Crippen LogP contribution in [0.2, 0.25) is 0 Å². The Labute approximate surface area is 122 Å². The Morgan fingerprint density at radius 1 is 1.32 bits per heavy atom. The molecular formula is C14H21BrFNO2. The third kappa shape index (κ3) is 6.47. The van der Waals surface area contributed by atoms with Crippen LogP contribution in [0.3, 0.4) is 0 Å². The summed E-state index contributed by atoms with van der Waals surface area (Å²) in [5, 5.41) is 3.39. The van der Waals surface area contributed by atoms with Gasteiger partial charge in [-0.3, -0.25) is 0 Å². The first-order chi connectivity index (χ1) is 9.15. The predicted molar refractivity (Wildman–Crippen MR) is 77.8 cm³/mol. The van der Waals surface area contributed by atoms with E-state index in [-0.39, 0.29) is 11.9 Å². The largest absolute Gasteiger partial charge is 0.382 e. The molecule has 1 aromatic rings. The van der Waals surface area contributed by atoms with Gasteiger partial charge >= 0.3 is 0 Å². The van der Waals surface area contributed by atoms with Crippen molar-refractivity contribution in [2.24, 2.45) is 0 Å². The molecule has 5 heteroatoms. The number of hydrogen-bond donors (Lipinski definition) is 1. The molecule has 0 aliphatic carbocycles. The summed E-state index contributed by atoms with van der Waals surface area (Å²) in [4.78, 5) is 0.